The van der Waals surface area contributed by atoms with Gasteiger partial charge in [0.1, 0.15) is 5.52 Å². The zero-order valence-electron chi connectivity index (χ0n) is 19.2. The maximum absolute atomic E-state index is 4.95. The van der Waals surface area contributed by atoms with Gasteiger partial charge in [0.2, 0.25) is 0 Å². The van der Waals surface area contributed by atoms with Crippen LogP contribution in [0.3, 0.4) is 0 Å². The predicted molar refractivity (Wildman–Crippen MR) is 137 cm³/mol. The summed E-state index contributed by atoms with van der Waals surface area (Å²) in [5.41, 5.74) is 10.4. The Labute approximate surface area is 196 Å². The van der Waals surface area contributed by atoms with Crippen molar-refractivity contribution in [3.63, 3.8) is 0 Å². The van der Waals surface area contributed by atoms with Gasteiger partial charge in [-0.05, 0) is 36.8 Å². The fraction of sp³-hybridized carbons (Fsp3) is 0.111. The van der Waals surface area contributed by atoms with Crippen LogP contribution in [0, 0.1) is 6.92 Å². The number of fused-ring (bicyclic) bond motifs is 2. The standard InChI is InChI=1S/C27H23N7/c1-16-6-4-7-17(12-16)20-8-5-9-22-24(20)31-27(30-22)26-25-23(32-33-26)11-10-21(29-25)18-13-19(34(2)3)15-28-14-18/h4-15H,1-3H3,(H,30,31)(H,32,33). The zero-order chi connectivity index (χ0) is 23.2. The van der Waals surface area contributed by atoms with Crippen LogP contribution in [0.4, 0.5) is 5.69 Å². The molecule has 166 valence electrons. The number of para-hydroxylation sites is 1. The number of hydrogen-bond acceptors (Lipinski definition) is 5. The van der Waals surface area contributed by atoms with E-state index in [-0.39, 0.29) is 0 Å². The Morgan fingerprint density at radius 1 is 0.794 bits per heavy atom. The summed E-state index contributed by atoms with van der Waals surface area (Å²) in [6.45, 7) is 2.10. The van der Waals surface area contributed by atoms with E-state index in [9.17, 15) is 0 Å². The van der Waals surface area contributed by atoms with E-state index in [0.29, 0.717) is 11.5 Å². The highest BCUT2D eigenvalue weighted by molar-refractivity contribution is 5.96. The average Bonchev–Trinajstić information content (AvgIpc) is 3.47. The molecule has 2 N–H and O–H groups in total. The molecule has 0 spiro atoms. The zero-order valence-corrected chi connectivity index (χ0v) is 19.2. The number of anilines is 1. The van der Waals surface area contributed by atoms with Gasteiger partial charge in [-0.3, -0.25) is 10.1 Å². The fourth-order valence-corrected chi connectivity index (χ4v) is 4.23. The minimum atomic E-state index is 0.686. The van der Waals surface area contributed by atoms with E-state index in [1.807, 2.05) is 55.7 Å². The van der Waals surface area contributed by atoms with Crippen LogP contribution in [0.5, 0.6) is 0 Å². The first kappa shape index (κ1) is 20.1. The molecule has 4 heterocycles. The van der Waals surface area contributed by atoms with Crippen molar-refractivity contribution in [1.82, 2.24) is 30.1 Å². The Bertz CT molecular complexity index is 1660. The number of rotatable bonds is 4. The summed E-state index contributed by atoms with van der Waals surface area (Å²) >= 11 is 0. The van der Waals surface area contributed by atoms with Gasteiger partial charge in [-0.1, -0.05) is 42.0 Å². The number of aromatic nitrogens is 6. The van der Waals surface area contributed by atoms with Crippen molar-refractivity contribution in [1.29, 1.82) is 0 Å². The molecule has 2 aromatic carbocycles. The summed E-state index contributed by atoms with van der Waals surface area (Å²) in [7, 11) is 4.00. The molecule has 0 unspecified atom stereocenters. The number of aromatic amines is 2. The number of H-pyrrole nitrogens is 2. The average molecular weight is 446 g/mol. The van der Waals surface area contributed by atoms with E-state index >= 15 is 0 Å². The largest absolute Gasteiger partial charge is 0.376 e. The lowest BCUT2D eigenvalue weighted by atomic mass is 10.0. The summed E-state index contributed by atoms with van der Waals surface area (Å²) in [6, 6.07) is 20.7. The highest BCUT2D eigenvalue weighted by Crippen LogP contribution is 2.32. The molecule has 0 atom stereocenters. The number of hydrogen-bond donors (Lipinski definition) is 2. The molecule has 0 aliphatic rings. The van der Waals surface area contributed by atoms with Gasteiger partial charge < -0.3 is 9.88 Å². The fourth-order valence-electron chi connectivity index (χ4n) is 4.23. The molecule has 0 saturated carbocycles. The summed E-state index contributed by atoms with van der Waals surface area (Å²) < 4.78 is 0. The van der Waals surface area contributed by atoms with Crippen molar-refractivity contribution < 1.29 is 0 Å². The second-order valence-electron chi connectivity index (χ2n) is 8.65. The maximum atomic E-state index is 4.95. The second kappa shape index (κ2) is 7.81. The lowest BCUT2D eigenvalue weighted by Gasteiger charge is -2.12. The Balaban J connectivity index is 1.48. The van der Waals surface area contributed by atoms with E-state index in [0.717, 1.165) is 50.1 Å². The highest BCUT2D eigenvalue weighted by Gasteiger charge is 2.17. The van der Waals surface area contributed by atoms with Crippen molar-refractivity contribution in [3.8, 4) is 33.9 Å². The molecule has 34 heavy (non-hydrogen) atoms. The van der Waals surface area contributed by atoms with Crippen LogP contribution in [-0.4, -0.2) is 44.2 Å². The SMILES string of the molecule is Cc1cccc(-c2cccc3[nH]c(-c4n[nH]c5ccc(-c6cncc(N(C)C)c6)nc45)nc23)c1. The first-order chi connectivity index (χ1) is 16.6. The number of aryl methyl sites for hydroxylation is 1. The number of nitrogens with one attached hydrogen (secondary N) is 2. The van der Waals surface area contributed by atoms with Crippen LogP contribution in [0.25, 0.3) is 56.0 Å². The molecule has 7 heteroatoms. The Morgan fingerprint density at radius 3 is 2.53 bits per heavy atom. The van der Waals surface area contributed by atoms with E-state index in [2.05, 4.69) is 63.5 Å². The maximum Gasteiger partial charge on any atom is 0.161 e. The number of nitrogens with zero attached hydrogens (tertiary/aromatic N) is 5. The van der Waals surface area contributed by atoms with Gasteiger partial charge in [-0.25, -0.2) is 9.97 Å². The number of pyridine rings is 2. The van der Waals surface area contributed by atoms with Crippen LogP contribution in [-0.2, 0) is 0 Å². The van der Waals surface area contributed by atoms with Crippen LogP contribution >= 0.6 is 0 Å². The summed E-state index contributed by atoms with van der Waals surface area (Å²) in [4.78, 5) is 19.7. The highest BCUT2D eigenvalue weighted by atomic mass is 15.1. The van der Waals surface area contributed by atoms with E-state index in [1.165, 1.54) is 5.56 Å². The van der Waals surface area contributed by atoms with Gasteiger partial charge >= 0.3 is 0 Å². The Morgan fingerprint density at radius 2 is 1.68 bits per heavy atom. The third-order valence-corrected chi connectivity index (χ3v) is 6.01. The molecular weight excluding hydrogens is 422 g/mol. The number of imidazole rings is 1. The monoisotopic (exact) mass is 445 g/mol. The second-order valence-corrected chi connectivity index (χ2v) is 8.65. The van der Waals surface area contributed by atoms with E-state index < -0.39 is 0 Å². The first-order valence-electron chi connectivity index (χ1n) is 11.1. The smallest absolute Gasteiger partial charge is 0.161 e. The molecular formula is C27H23N7. The molecule has 0 amide bonds. The number of benzene rings is 2. The molecule has 0 aliphatic carbocycles. The summed E-state index contributed by atoms with van der Waals surface area (Å²) in [5, 5.41) is 7.65. The van der Waals surface area contributed by atoms with Crippen molar-refractivity contribution in [2.24, 2.45) is 0 Å². The molecule has 0 bridgehead atoms. The molecule has 0 fully saturated rings. The first-order valence-corrected chi connectivity index (χ1v) is 11.1. The third-order valence-electron chi connectivity index (χ3n) is 6.01. The van der Waals surface area contributed by atoms with Crippen molar-refractivity contribution in [3.05, 3.63) is 78.6 Å². The van der Waals surface area contributed by atoms with Gasteiger partial charge in [0.25, 0.3) is 0 Å². The molecule has 6 aromatic rings. The lowest BCUT2D eigenvalue weighted by molar-refractivity contribution is 1.10. The Hall–Kier alpha value is -4.52. The van der Waals surface area contributed by atoms with Gasteiger partial charge in [0, 0.05) is 31.4 Å². The molecule has 7 nitrogen and oxygen atoms in total. The van der Waals surface area contributed by atoms with Crippen LogP contribution in [0.2, 0.25) is 0 Å². The predicted octanol–water partition coefficient (Wildman–Crippen LogP) is 5.60. The summed E-state index contributed by atoms with van der Waals surface area (Å²) in [6.07, 6.45) is 3.67. The minimum Gasteiger partial charge on any atom is -0.376 e. The Kier molecular flexibility index (Phi) is 4.62. The van der Waals surface area contributed by atoms with Crippen molar-refractivity contribution >= 4 is 27.8 Å². The normalized spacial score (nSPS) is 11.4. The van der Waals surface area contributed by atoms with Crippen LogP contribution in [0.1, 0.15) is 5.56 Å². The van der Waals surface area contributed by atoms with Gasteiger partial charge in [-0.15, -0.1) is 0 Å². The topological polar surface area (TPSA) is 86.4 Å². The van der Waals surface area contributed by atoms with E-state index in [4.69, 9.17) is 9.97 Å². The minimum absolute atomic E-state index is 0.686. The van der Waals surface area contributed by atoms with Gasteiger partial charge in [0.05, 0.1) is 34.1 Å². The lowest BCUT2D eigenvalue weighted by Crippen LogP contribution is -2.08. The molecule has 6 rings (SSSR count). The third kappa shape index (κ3) is 3.38. The van der Waals surface area contributed by atoms with Gasteiger partial charge in [-0.2, -0.15) is 5.10 Å². The van der Waals surface area contributed by atoms with Gasteiger partial charge in [0.15, 0.2) is 11.5 Å². The van der Waals surface area contributed by atoms with Crippen molar-refractivity contribution in [2.75, 3.05) is 19.0 Å². The molecule has 0 saturated heterocycles. The van der Waals surface area contributed by atoms with E-state index in [1.54, 1.807) is 0 Å². The molecule has 0 radical (unpaired) electrons. The van der Waals surface area contributed by atoms with Crippen molar-refractivity contribution in [2.45, 2.75) is 6.92 Å². The quantitative estimate of drug-likeness (QED) is 0.369. The molecule has 4 aromatic heterocycles. The molecule has 0 aliphatic heterocycles. The summed E-state index contributed by atoms with van der Waals surface area (Å²) in [5.74, 6) is 0.686. The van der Waals surface area contributed by atoms with Crippen LogP contribution in [0.15, 0.2) is 73.1 Å². The van der Waals surface area contributed by atoms with Crippen LogP contribution < -0.4 is 4.90 Å².